The van der Waals surface area contributed by atoms with Gasteiger partial charge in [-0.1, -0.05) is 23.2 Å². The summed E-state index contributed by atoms with van der Waals surface area (Å²) in [5.41, 5.74) is 0. The number of halogens is 2. The number of rotatable bonds is 5. The van der Waals surface area contributed by atoms with Crippen molar-refractivity contribution in [2.24, 2.45) is 0 Å². The summed E-state index contributed by atoms with van der Waals surface area (Å²) < 4.78 is 26.6. The Morgan fingerprint density at radius 3 is 2.76 bits per heavy atom. The minimum atomic E-state index is -3.96. The molecule has 0 bridgehead atoms. The van der Waals surface area contributed by atoms with Crippen molar-refractivity contribution >= 4 is 55.7 Å². The van der Waals surface area contributed by atoms with E-state index >= 15 is 0 Å². The number of carbonyl (C=O) groups excluding carboxylic acids is 1. The number of sulfonamides is 1. The molecule has 0 atom stereocenters. The molecular formula is C11H7Cl2N2O4S2-. The van der Waals surface area contributed by atoms with Gasteiger partial charge in [0.15, 0.2) is 5.13 Å². The normalized spacial score (nSPS) is 11.3. The SMILES string of the molecule is O=C([O-])Cc1cnc(NS(=O)(=O)c2cc(Cl)ccc2Cl)s1. The number of anilines is 1. The van der Waals surface area contributed by atoms with Crippen molar-refractivity contribution in [3.63, 3.8) is 0 Å². The smallest absolute Gasteiger partial charge is 0.265 e. The Kier molecular flexibility index (Phi) is 4.72. The molecule has 0 aliphatic rings. The monoisotopic (exact) mass is 365 g/mol. The number of aromatic nitrogens is 1. The number of hydrogen-bond donors (Lipinski definition) is 1. The molecule has 6 nitrogen and oxygen atoms in total. The fourth-order valence-electron chi connectivity index (χ4n) is 1.43. The topological polar surface area (TPSA) is 99.2 Å². The van der Waals surface area contributed by atoms with Gasteiger partial charge in [-0.05, 0) is 18.2 Å². The molecule has 0 saturated heterocycles. The predicted octanol–water partition coefficient (Wildman–Crippen LogP) is 1.54. The minimum Gasteiger partial charge on any atom is -0.550 e. The minimum absolute atomic E-state index is 0.0124. The first-order chi connectivity index (χ1) is 9.78. The highest BCUT2D eigenvalue weighted by Gasteiger charge is 2.20. The molecule has 1 aromatic heterocycles. The lowest BCUT2D eigenvalue weighted by molar-refractivity contribution is -0.304. The summed E-state index contributed by atoms with van der Waals surface area (Å²) in [5, 5.41) is 10.7. The first-order valence-corrected chi connectivity index (χ1v) is 8.46. The van der Waals surface area contributed by atoms with Gasteiger partial charge in [0.05, 0.1) is 5.02 Å². The molecule has 112 valence electrons. The van der Waals surface area contributed by atoms with Crippen molar-refractivity contribution in [1.29, 1.82) is 0 Å². The Morgan fingerprint density at radius 1 is 1.38 bits per heavy atom. The third-order valence-corrected chi connectivity index (χ3v) is 5.37. The lowest BCUT2D eigenvalue weighted by atomic mass is 10.4. The first kappa shape index (κ1) is 16.0. The molecule has 1 heterocycles. The zero-order valence-corrected chi connectivity index (χ0v) is 13.3. The number of benzene rings is 1. The number of carbonyl (C=O) groups is 1. The standard InChI is InChI=1S/C11H8Cl2N2O4S2/c12-6-1-2-8(13)9(3-6)21(18,19)15-11-14-5-7(20-11)4-10(16)17/h1-3,5H,4H2,(H,14,15)(H,16,17)/p-1. The molecule has 0 amide bonds. The fraction of sp³-hybridized carbons (Fsp3) is 0.0909. The van der Waals surface area contributed by atoms with E-state index in [2.05, 4.69) is 9.71 Å². The largest absolute Gasteiger partial charge is 0.550 e. The summed E-state index contributed by atoms with van der Waals surface area (Å²) in [5.74, 6) is -1.27. The van der Waals surface area contributed by atoms with Gasteiger partial charge < -0.3 is 9.90 Å². The molecule has 0 aliphatic carbocycles. The maximum Gasteiger partial charge on any atom is 0.265 e. The second-order valence-electron chi connectivity index (χ2n) is 3.86. The molecule has 0 unspecified atom stereocenters. The van der Waals surface area contributed by atoms with Crippen LogP contribution >= 0.6 is 34.5 Å². The quantitative estimate of drug-likeness (QED) is 0.866. The predicted molar refractivity (Wildman–Crippen MR) is 78.1 cm³/mol. The van der Waals surface area contributed by atoms with E-state index in [9.17, 15) is 18.3 Å². The van der Waals surface area contributed by atoms with Crippen LogP contribution in [0, 0.1) is 0 Å². The second kappa shape index (κ2) is 6.18. The van der Waals surface area contributed by atoms with Crippen molar-refractivity contribution in [3.05, 3.63) is 39.3 Å². The molecule has 0 radical (unpaired) electrons. The van der Waals surface area contributed by atoms with E-state index in [1.165, 1.54) is 24.4 Å². The van der Waals surface area contributed by atoms with E-state index in [0.29, 0.717) is 4.88 Å². The van der Waals surface area contributed by atoms with Crippen LogP contribution in [-0.2, 0) is 21.2 Å². The highest BCUT2D eigenvalue weighted by molar-refractivity contribution is 7.93. The summed E-state index contributed by atoms with van der Waals surface area (Å²) in [6.45, 7) is 0. The van der Waals surface area contributed by atoms with E-state index in [1.54, 1.807) is 0 Å². The number of nitrogens with zero attached hydrogens (tertiary/aromatic N) is 1. The Morgan fingerprint density at radius 2 is 2.10 bits per heavy atom. The average Bonchev–Trinajstić information content (AvgIpc) is 2.77. The van der Waals surface area contributed by atoms with Crippen molar-refractivity contribution in [3.8, 4) is 0 Å². The van der Waals surface area contributed by atoms with Crippen LogP contribution < -0.4 is 9.83 Å². The van der Waals surface area contributed by atoms with E-state index in [4.69, 9.17) is 23.2 Å². The second-order valence-corrected chi connectivity index (χ2v) is 7.47. The number of aliphatic carboxylic acids is 1. The number of hydrogen-bond acceptors (Lipinski definition) is 6. The Bertz CT molecular complexity index is 789. The van der Waals surface area contributed by atoms with Crippen LogP contribution in [0.2, 0.25) is 10.0 Å². The zero-order valence-electron chi connectivity index (χ0n) is 10.2. The van der Waals surface area contributed by atoms with Crippen LogP contribution in [-0.4, -0.2) is 19.4 Å². The van der Waals surface area contributed by atoms with E-state index in [0.717, 1.165) is 11.3 Å². The van der Waals surface area contributed by atoms with Crippen LogP contribution in [0.5, 0.6) is 0 Å². The van der Waals surface area contributed by atoms with Gasteiger partial charge in [0.25, 0.3) is 10.0 Å². The van der Waals surface area contributed by atoms with Crippen molar-refractivity contribution in [1.82, 2.24) is 4.98 Å². The summed E-state index contributed by atoms with van der Waals surface area (Å²) in [7, 11) is -3.96. The lowest BCUT2D eigenvalue weighted by Crippen LogP contribution is -2.23. The van der Waals surface area contributed by atoms with Gasteiger partial charge in [-0.2, -0.15) is 0 Å². The number of carboxylic acids is 1. The Balaban J connectivity index is 2.27. The fourth-order valence-corrected chi connectivity index (χ4v) is 4.24. The third-order valence-electron chi connectivity index (χ3n) is 2.28. The number of thiazole rings is 1. The molecule has 10 heteroatoms. The van der Waals surface area contributed by atoms with Crippen LogP contribution in [0.15, 0.2) is 29.3 Å². The van der Waals surface area contributed by atoms with Gasteiger partial charge in [0.2, 0.25) is 0 Å². The summed E-state index contributed by atoms with van der Waals surface area (Å²) in [6.07, 6.45) is 0.926. The molecule has 0 aliphatic heterocycles. The third kappa shape index (κ3) is 4.07. The molecule has 1 aromatic carbocycles. The molecule has 0 spiro atoms. The molecule has 2 rings (SSSR count). The van der Waals surface area contributed by atoms with Crippen molar-refractivity contribution < 1.29 is 18.3 Å². The van der Waals surface area contributed by atoms with Gasteiger partial charge in [-0.15, -0.1) is 11.3 Å². The molecule has 2 aromatic rings. The Hall–Kier alpha value is -1.35. The molecule has 21 heavy (non-hydrogen) atoms. The van der Waals surface area contributed by atoms with Gasteiger partial charge in [0, 0.05) is 28.5 Å². The molecule has 1 N–H and O–H groups in total. The van der Waals surface area contributed by atoms with E-state index < -0.39 is 16.0 Å². The maximum atomic E-state index is 12.2. The van der Waals surface area contributed by atoms with Crippen LogP contribution in [0.1, 0.15) is 4.88 Å². The molecule has 0 saturated carbocycles. The van der Waals surface area contributed by atoms with Crippen molar-refractivity contribution in [2.75, 3.05) is 4.72 Å². The van der Waals surface area contributed by atoms with Gasteiger partial charge in [-0.25, -0.2) is 13.4 Å². The highest BCUT2D eigenvalue weighted by Crippen LogP contribution is 2.28. The lowest BCUT2D eigenvalue weighted by Gasteiger charge is -2.07. The molecular weight excluding hydrogens is 359 g/mol. The summed E-state index contributed by atoms with van der Waals surface area (Å²) >= 11 is 12.5. The Labute approximate surface area is 134 Å². The average molecular weight is 366 g/mol. The van der Waals surface area contributed by atoms with E-state index in [-0.39, 0.29) is 26.5 Å². The van der Waals surface area contributed by atoms with Crippen LogP contribution in [0.25, 0.3) is 0 Å². The van der Waals surface area contributed by atoms with Crippen LogP contribution in [0.4, 0.5) is 5.13 Å². The number of nitrogens with one attached hydrogen (secondary N) is 1. The summed E-state index contributed by atoms with van der Waals surface area (Å²) in [4.78, 5) is 14.4. The highest BCUT2D eigenvalue weighted by atomic mass is 35.5. The molecule has 0 fully saturated rings. The number of carboxylic acid groups (broad SMARTS) is 1. The first-order valence-electron chi connectivity index (χ1n) is 5.40. The summed E-state index contributed by atoms with van der Waals surface area (Å²) in [6, 6.07) is 4.04. The zero-order chi connectivity index (χ0) is 15.6. The van der Waals surface area contributed by atoms with Gasteiger partial charge in [0.1, 0.15) is 4.90 Å². The van der Waals surface area contributed by atoms with Crippen LogP contribution in [0.3, 0.4) is 0 Å². The maximum absolute atomic E-state index is 12.2. The van der Waals surface area contributed by atoms with Crippen molar-refractivity contribution in [2.45, 2.75) is 11.3 Å². The van der Waals surface area contributed by atoms with Gasteiger partial charge in [-0.3, -0.25) is 4.72 Å². The van der Waals surface area contributed by atoms with Gasteiger partial charge >= 0.3 is 0 Å². The van der Waals surface area contributed by atoms with E-state index in [1.807, 2.05) is 0 Å².